The minimum absolute atomic E-state index is 0.0301. The number of ether oxygens (including phenoxy) is 1. The first-order valence-corrected chi connectivity index (χ1v) is 11.9. The third-order valence-electron chi connectivity index (χ3n) is 6.26. The molecular weight excluding hydrogens is 440 g/mol. The summed E-state index contributed by atoms with van der Waals surface area (Å²) in [6.45, 7) is 2.76. The number of imidazole rings is 1. The van der Waals surface area contributed by atoms with E-state index in [-0.39, 0.29) is 31.3 Å². The number of aromatic nitrogens is 2. The maximum Gasteiger partial charge on any atom is 0.242 e. The van der Waals surface area contributed by atoms with E-state index in [1.54, 1.807) is 0 Å². The van der Waals surface area contributed by atoms with Crippen molar-refractivity contribution in [1.82, 2.24) is 19.8 Å². The number of nitrogens with zero attached hydrogens (tertiary/aromatic N) is 3. The topological polar surface area (TPSA) is 76.5 Å². The van der Waals surface area contributed by atoms with Crippen molar-refractivity contribution in [2.75, 3.05) is 26.3 Å². The fourth-order valence-corrected chi connectivity index (χ4v) is 4.36. The van der Waals surface area contributed by atoms with Crippen molar-refractivity contribution in [3.63, 3.8) is 0 Å². The molecule has 0 unspecified atom stereocenters. The van der Waals surface area contributed by atoms with Crippen molar-refractivity contribution in [3.8, 4) is 11.1 Å². The number of hydrogen-bond donors (Lipinski definition) is 1. The highest BCUT2D eigenvalue weighted by molar-refractivity contribution is 5.82. The number of fused-ring (bicyclic) bond motifs is 1. The molecule has 3 aromatic carbocycles. The summed E-state index contributed by atoms with van der Waals surface area (Å²) in [5.41, 5.74) is 4.90. The molecule has 0 aliphatic carbocycles. The highest BCUT2D eigenvalue weighted by Crippen LogP contribution is 2.20. The molecule has 1 fully saturated rings. The Balaban J connectivity index is 1.25. The molecule has 35 heavy (non-hydrogen) atoms. The highest BCUT2D eigenvalue weighted by atomic mass is 16.5. The molecule has 1 aliphatic rings. The maximum atomic E-state index is 12.9. The van der Waals surface area contributed by atoms with Gasteiger partial charge >= 0.3 is 0 Å². The summed E-state index contributed by atoms with van der Waals surface area (Å²) in [5.74, 6) is 0.610. The van der Waals surface area contributed by atoms with Crippen LogP contribution in [0.1, 0.15) is 11.4 Å². The quantitative estimate of drug-likeness (QED) is 0.451. The third kappa shape index (κ3) is 5.41. The Kier molecular flexibility index (Phi) is 6.86. The molecule has 2 heterocycles. The molecule has 1 aromatic heterocycles. The summed E-state index contributed by atoms with van der Waals surface area (Å²) in [7, 11) is 0. The van der Waals surface area contributed by atoms with Crippen LogP contribution in [0.25, 0.3) is 22.2 Å². The number of hydrogen-bond acceptors (Lipinski definition) is 4. The van der Waals surface area contributed by atoms with Gasteiger partial charge in [-0.25, -0.2) is 4.98 Å². The van der Waals surface area contributed by atoms with Gasteiger partial charge in [-0.2, -0.15) is 0 Å². The molecule has 1 N–H and O–H groups in total. The standard InChI is InChI=1S/C28H28N4O3/c33-27(18-21-10-12-23(13-11-21)22-6-2-1-3-7-22)29-19-26-30-24-8-4-5-9-25(24)32(26)20-28(34)31-14-16-35-17-15-31/h1-13H,14-20H2,(H,29,33). The zero-order valence-electron chi connectivity index (χ0n) is 19.5. The van der Waals surface area contributed by atoms with Crippen molar-refractivity contribution >= 4 is 22.8 Å². The number of carbonyl (C=O) groups excluding carboxylic acids is 2. The lowest BCUT2D eigenvalue weighted by Crippen LogP contribution is -2.42. The number of rotatable bonds is 7. The molecule has 0 spiro atoms. The molecular formula is C28H28N4O3. The normalized spacial score (nSPS) is 13.7. The van der Waals surface area contributed by atoms with Crippen LogP contribution in [0, 0.1) is 0 Å². The summed E-state index contributed by atoms with van der Waals surface area (Å²) in [4.78, 5) is 32.1. The van der Waals surface area contributed by atoms with E-state index >= 15 is 0 Å². The summed E-state index contributed by atoms with van der Waals surface area (Å²) >= 11 is 0. The molecule has 0 radical (unpaired) electrons. The summed E-state index contributed by atoms with van der Waals surface area (Å²) in [5, 5.41) is 2.98. The molecule has 5 rings (SSSR count). The molecule has 1 saturated heterocycles. The van der Waals surface area contributed by atoms with Gasteiger partial charge in [-0.1, -0.05) is 66.7 Å². The van der Waals surface area contributed by atoms with Crippen molar-refractivity contribution in [1.29, 1.82) is 0 Å². The van der Waals surface area contributed by atoms with E-state index in [0.717, 1.165) is 27.7 Å². The van der Waals surface area contributed by atoms with Crippen LogP contribution in [0.3, 0.4) is 0 Å². The van der Waals surface area contributed by atoms with E-state index in [2.05, 4.69) is 22.4 Å². The Labute approximate surface area is 204 Å². The maximum absolute atomic E-state index is 12.9. The Bertz CT molecular complexity index is 1310. The molecule has 7 heteroatoms. The van der Waals surface area contributed by atoms with E-state index in [9.17, 15) is 9.59 Å². The molecule has 178 valence electrons. The molecule has 0 bridgehead atoms. The molecule has 0 atom stereocenters. The third-order valence-corrected chi connectivity index (χ3v) is 6.26. The largest absolute Gasteiger partial charge is 0.378 e. The van der Waals surface area contributed by atoms with Gasteiger partial charge in [-0.05, 0) is 28.8 Å². The van der Waals surface area contributed by atoms with Gasteiger partial charge in [0, 0.05) is 13.1 Å². The van der Waals surface area contributed by atoms with Crippen LogP contribution in [-0.4, -0.2) is 52.6 Å². The van der Waals surface area contributed by atoms with Crippen molar-refractivity contribution < 1.29 is 14.3 Å². The number of para-hydroxylation sites is 2. The number of morpholine rings is 1. The zero-order valence-corrected chi connectivity index (χ0v) is 19.5. The second-order valence-corrected chi connectivity index (χ2v) is 8.61. The van der Waals surface area contributed by atoms with Gasteiger partial charge in [0.1, 0.15) is 12.4 Å². The Morgan fingerprint density at radius 2 is 1.54 bits per heavy atom. The summed E-state index contributed by atoms with van der Waals surface area (Å²) in [6, 6.07) is 25.9. The van der Waals surface area contributed by atoms with Gasteiger partial charge in [0.2, 0.25) is 11.8 Å². The molecule has 0 saturated carbocycles. The van der Waals surface area contributed by atoms with E-state index in [1.165, 1.54) is 0 Å². The molecule has 2 amide bonds. The van der Waals surface area contributed by atoms with Gasteiger partial charge in [0.25, 0.3) is 0 Å². The van der Waals surface area contributed by atoms with Gasteiger partial charge in [0.05, 0.1) is 37.2 Å². The SMILES string of the molecule is O=C(Cc1ccc(-c2ccccc2)cc1)NCc1nc2ccccc2n1CC(=O)N1CCOCC1. The lowest BCUT2D eigenvalue weighted by Gasteiger charge is -2.27. The second-order valence-electron chi connectivity index (χ2n) is 8.61. The first-order chi connectivity index (χ1) is 17.2. The predicted molar refractivity (Wildman–Crippen MR) is 135 cm³/mol. The fraction of sp³-hybridized carbons (Fsp3) is 0.250. The number of carbonyl (C=O) groups is 2. The monoisotopic (exact) mass is 468 g/mol. The van der Waals surface area contributed by atoms with E-state index in [4.69, 9.17) is 4.74 Å². The van der Waals surface area contributed by atoms with E-state index < -0.39 is 0 Å². The Morgan fingerprint density at radius 1 is 0.857 bits per heavy atom. The van der Waals surface area contributed by atoms with Crippen molar-refractivity contribution in [2.24, 2.45) is 0 Å². The highest BCUT2D eigenvalue weighted by Gasteiger charge is 2.20. The summed E-state index contributed by atoms with van der Waals surface area (Å²) < 4.78 is 7.27. The predicted octanol–water partition coefficient (Wildman–Crippen LogP) is 3.42. The van der Waals surface area contributed by atoms with Gasteiger partial charge in [-0.3, -0.25) is 9.59 Å². The van der Waals surface area contributed by atoms with Crippen LogP contribution in [0.2, 0.25) is 0 Å². The molecule has 4 aromatic rings. The summed E-state index contributed by atoms with van der Waals surface area (Å²) in [6.07, 6.45) is 0.280. The van der Waals surface area contributed by atoms with Crippen molar-refractivity contribution in [2.45, 2.75) is 19.5 Å². The smallest absolute Gasteiger partial charge is 0.242 e. The lowest BCUT2D eigenvalue weighted by atomic mass is 10.0. The minimum atomic E-state index is -0.0874. The first kappa shape index (κ1) is 22.8. The lowest BCUT2D eigenvalue weighted by molar-refractivity contribution is -0.135. The second kappa shape index (κ2) is 10.5. The number of amides is 2. The van der Waals surface area contributed by atoms with Crippen LogP contribution in [0.4, 0.5) is 0 Å². The van der Waals surface area contributed by atoms with Gasteiger partial charge in [-0.15, -0.1) is 0 Å². The van der Waals surface area contributed by atoms with Crippen molar-refractivity contribution in [3.05, 3.63) is 90.3 Å². The molecule has 7 nitrogen and oxygen atoms in total. The van der Waals surface area contributed by atoms with Crippen LogP contribution < -0.4 is 5.32 Å². The average molecular weight is 469 g/mol. The zero-order chi connectivity index (χ0) is 24.0. The Hall–Kier alpha value is -3.97. The number of benzene rings is 3. The number of nitrogens with one attached hydrogen (secondary N) is 1. The van der Waals surface area contributed by atoms with Crippen LogP contribution in [0.15, 0.2) is 78.9 Å². The average Bonchev–Trinajstić information content (AvgIpc) is 3.26. The van der Waals surface area contributed by atoms with Crippen LogP contribution in [-0.2, 0) is 33.8 Å². The van der Waals surface area contributed by atoms with Crippen LogP contribution in [0.5, 0.6) is 0 Å². The first-order valence-electron chi connectivity index (χ1n) is 11.9. The molecule has 1 aliphatic heterocycles. The fourth-order valence-electron chi connectivity index (χ4n) is 4.36. The van der Waals surface area contributed by atoms with E-state index in [0.29, 0.717) is 32.1 Å². The van der Waals surface area contributed by atoms with Gasteiger partial charge in [0.15, 0.2) is 0 Å². The minimum Gasteiger partial charge on any atom is -0.378 e. The van der Waals surface area contributed by atoms with Gasteiger partial charge < -0.3 is 19.5 Å². The Morgan fingerprint density at radius 3 is 2.31 bits per heavy atom. The van der Waals surface area contributed by atoms with E-state index in [1.807, 2.05) is 76.2 Å². The van der Waals surface area contributed by atoms with Crippen LogP contribution >= 0.6 is 0 Å².